The molecule has 1 amide bonds. The predicted octanol–water partition coefficient (Wildman–Crippen LogP) is 1.94. The molecule has 3 heteroatoms. The second-order valence-electron chi connectivity index (χ2n) is 5.71. The molecule has 0 aromatic carbocycles. The van der Waals surface area contributed by atoms with Crippen LogP contribution in [0, 0.1) is 0 Å². The molecule has 3 nitrogen and oxygen atoms in total. The van der Waals surface area contributed by atoms with Crippen LogP contribution in [-0.2, 0) is 4.79 Å². The van der Waals surface area contributed by atoms with Crippen molar-refractivity contribution in [2.24, 2.45) is 0 Å². The van der Waals surface area contributed by atoms with Gasteiger partial charge >= 0.3 is 0 Å². The van der Waals surface area contributed by atoms with E-state index in [1.165, 1.54) is 6.08 Å². The molecule has 0 aromatic rings. The van der Waals surface area contributed by atoms with Gasteiger partial charge in [-0.15, -0.1) is 0 Å². The Bertz CT molecular complexity index is 268. The van der Waals surface area contributed by atoms with Crippen molar-refractivity contribution in [3.8, 4) is 0 Å². The second kappa shape index (κ2) is 5.00. The fourth-order valence-corrected chi connectivity index (χ4v) is 2.26. The average molecular weight is 224 g/mol. The zero-order chi connectivity index (χ0) is 12.3. The van der Waals surface area contributed by atoms with Gasteiger partial charge in [-0.1, -0.05) is 6.58 Å². The first-order valence-electron chi connectivity index (χ1n) is 6.04. The third-order valence-corrected chi connectivity index (χ3v) is 2.98. The number of hydrogen-bond donors (Lipinski definition) is 1. The van der Waals surface area contributed by atoms with Crippen molar-refractivity contribution in [2.75, 3.05) is 6.54 Å². The number of piperidine rings is 1. The van der Waals surface area contributed by atoms with E-state index in [4.69, 9.17) is 0 Å². The van der Waals surface area contributed by atoms with Gasteiger partial charge < -0.3 is 10.2 Å². The van der Waals surface area contributed by atoms with E-state index >= 15 is 0 Å². The molecule has 1 saturated heterocycles. The van der Waals surface area contributed by atoms with E-state index in [0.29, 0.717) is 12.1 Å². The van der Waals surface area contributed by atoms with E-state index in [2.05, 4.69) is 39.6 Å². The van der Waals surface area contributed by atoms with E-state index in [0.717, 1.165) is 19.4 Å². The highest BCUT2D eigenvalue weighted by atomic mass is 16.2. The number of amides is 1. The fraction of sp³-hybridized carbons (Fsp3) is 0.769. The summed E-state index contributed by atoms with van der Waals surface area (Å²) in [6.07, 6.45) is 3.61. The van der Waals surface area contributed by atoms with E-state index in [9.17, 15) is 4.79 Å². The molecule has 1 rings (SSSR count). The number of likely N-dealkylation sites (tertiary alicyclic amines) is 1. The van der Waals surface area contributed by atoms with Gasteiger partial charge in [0.25, 0.3) is 0 Å². The highest BCUT2D eigenvalue weighted by Crippen LogP contribution is 2.19. The van der Waals surface area contributed by atoms with E-state index in [1.807, 2.05) is 4.90 Å². The number of rotatable bonds is 2. The molecule has 0 bridgehead atoms. The zero-order valence-corrected chi connectivity index (χ0v) is 10.9. The van der Waals surface area contributed by atoms with Gasteiger partial charge in [0.2, 0.25) is 5.91 Å². The molecule has 1 aliphatic heterocycles. The lowest BCUT2D eigenvalue weighted by Gasteiger charge is -2.40. The summed E-state index contributed by atoms with van der Waals surface area (Å²) >= 11 is 0. The molecule has 0 saturated carbocycles. The molecule has 16 heavy (non-hydrogen) atoms. The minimum atomic E-state index is 0.0490. The molecule has 1 aliphatic rings. The smallest absolute Gasteiger partial charge is 0.246 e. The highest BCUT2D eigenvalue weighted by Gasteiger charge is 2.29. The van der Waals surface area contributed by atoms with Gasteiger partial charge in [0.05, 0.1) is 0 Å². The van der Waals surface area contributed by atoms with Crippen LogP contribution >= 0.6 is 0 Å². The van der Waals surface area contributed by atoms with Crippen molar-refractivity contribution in [2.45, 2.75) is 58.2 Å². The van der Waals surface area contributed by atoms with Crippen LogP contribution < -0.4 is 5.32 Å². The van der Waals surface area contributed by atoms with Crippen LogP contribution in [0.25, 0.3) is 0 Å². The number of nitrogens with zero attached hydrogens (tertiary/aromatic N) is 1. The molecule has 0 aliphatic carbocycles. The zero-order valence-electron chi connectivity index (χ0n) is 10.9. The van der Waals surface area contributed by atoms with Crippen LogP contribution in [0.4, 0.5) is 0 Å². The summed E-state index contributed by atoms with van der Waals surface area (Å²) in [5.74, 6) is 0.0490. The summed E-state index contributed by atoms with van der Waals surface area (Å²) in [5.41, 5.74) is 0.105. The molecular weight excluding hydrogens is 200 g/mol. The largest absolute Gasteiger partial charge is 0.335 e. The number of nitrogens with one attached hydrogen (secondary N) is 1. The van der Waals surface area contributed by atoms with Crippen molar-refractivity contribution in [1.82, 2.24) is 10.2 Å². The van der Waals surface area contributed by atoms with Crippen LogP contribution in [0.1, 0.15) is 40.5 Å². The van der Waals surface area contributed by atoms with Gasteiger partial charge in [0.1, 0.15) is 0 Å². The summed E-state index contributed by atoms with van der Waals surface area (Å²) < 4.78 is 0. The third kappa shape index (κ3) is 3.63. The van der Waals surface area contributed by atoms with Crippen molar-refractivity contribution in [3.63, 3.8) is 0 Å². The minimum absolute atomic E-state index is 0.0490. The average Bonchev–Trinajstić information content (AvgIpc) is 2.18. The lowest BCUT2D eigenvalue weighted by atomic mass is 9.96. The monoisotopic (exact) mass is 224 g/mol. The quantitative estimate of drug-likeness (QED) is 0.727. The molecule has 2 unspecified atom stereocenters. The number of carbonyl (C=O) groups excluding carboxylic acids is 1. The highest BCUT2D eigenvalue weighted by molar-refractivity contribution is 5.87. The van der Waals surface area contributed by atoms with E-state index < -0.39 is 0 Å². The SMILES string of the molecule is C=CC(=O)N1CC(NC(C)(C)C)CCC1C. The van der Waals surface area contributed by atoms with Crippen LogP contribution in [0.3, 0.4) is 0 Å². The molecule has 1 fully saturated rings. The normalized spacial score (nSPS) is 26.6. The summed E-state index contributed by atoms with van der Waals surface area (Å²) in [6.45, 7) is 12.9. The van der Waals surface area contributed by atoms with Gasteiger partial charge in [-0.2, -0.15) is 0 Å². The first kappa shape index (κ1) is 13.2. The fourth-order valence-electron chi connectivity index (χ4n) is 2.26. The van der Waals surface area contributed by atoms with Gasteiger partial charge in [-0.25, -0.2) is 0 Å². The van der Waals surface area contributed by atoms with Crippen molar-refractivity contribution in [1.29, 1.82) is 0 Å². The first-order valence-corrected chi connectivity index (χ1v) is 6.04. The Morgan fingerprint density at radius 3 is 2.56 bits per heavy atom. The minimum Gasteiger partial charge on any atom is -0.335 e. The molecule has 92 valence electrons. The number of carbonyl (C=O) groups is 1. The Morgan fingerprint density at radius 2 is 2.06 bits per heavy atom. The number of hydrogen-bond acceptors (Lipinski definition) is 2. The standard InChI is InChI=1S/C13H24N2O/c1-6-12(16)15-9-11(8-7-10(15)2)14-13(3,4)5/h6,10-11,14H,1,7-9H2,2-5H3. The van der Waals surface area contributed by atoms with Gasteiger partial charge in [0.15, 0.2) is 0 Å². The molecule has 0 spiro atoms. The van der Waals surface area contributed by atoms with Crippen molar-refractivity contribution in [3.05, 3.63) is 12.7 Å². The van der Waals surface area contributed by atoms with Gasteiger partial charge in [-0.05, 0) is 46.6 Å². The van der Waals surface area contributed by atoms with Crippen LogP contribution in [0.2, 0.25) is 0 Å². The van der Waals surface area contributed by atoms with E-state index in [-0.39, 0.29) is 11.4 Å². The second-order valence-corrected chi connectivity index (χ2v) is 5.71. The van der Waals surface area contributed by atoms with Gasteiger partial charge in [-0.3, -0.25) is 4.79 Å². The summed E-state index contributed by atoms with van der Waals surface area (Å²) in [7, 11) is 0. The summed E-state index contributed by atoms with van der Waals surface area (Å²) in [4.78, 5) is 13.6. The Labute approximate surface area is 98.9 Å². The Hall–Kier alpha value is -0.830. The third-order valence-electron chi connectivity index (χ3n) is 2.98. The van der Waals surface area contributed by atoms with Gasteiger partial charge in [0, 0.05) is 24.2 Å². The topological polar surface area (TPSA) is 32.3 Å². The lowest BCUT2D eigenvalue weighted by molar-refractivity contribution is -0.129. The Morgan fingerprint density at radius 1 is 1.44 bits per heavy atom. The van der Waals surface area contributed by atoms with Crippen LogP contribution in [-0.4, -0.2) is 35.0 Å². The molecule has 0 aromatic heterocycles. The molecular formula is C13H24N2O. The van der Waals surface area contributed by atoms with Crippen LogP contribution in [0.5, 0.6) is 0 Å². The molecule has 1 heterocycles. The summed E-state index contributed by atoms with van der Waals surface area (Å²) in [6, 6.07) is 0.739. The van der Waals surface area contributed by atoms with Crippen molar-refractivity contribution >= 4 is 5.91 Å². The molecule has 1 N–H and O–H groups in total. The molecule has 2 atom stereocenters. The molecule has 0 radical (unpaired) electrons. The maximum absolute atomic E-state index is 11.7. The lowest BCUT2D eigenvalue weighted by Crippen LogP contribution is -2.55. The van der Waals surface area contributed by atoms with Crippen molar-refractivity contribution < 1.29 is 4.79 Å². The summed E-state index contributed by atoms with van der Waals surface area (Å²) in [5, 5.41) is 3.56. The Balaban J connectivity index is 2.60. The van der Waals surface area contributed by atoms with E-state index in [1.54, 1.807) is 0 Å². The predicted molar refractivity (Wildman–Crippen MR) is 67.3 cm³/mol. The first-order chi connectivity index (χ1) is 7.33. The van der Waals surface area contributed by atoms with Crippen LogP contribution in [0.15, 0.2) is 12.7 Å². The maximum atomic E-state index is 11.7. The maximum Gasteiger partial charge on any atom is 0.246 e. The Kier molecular flexibility index (Phi) is 4.14.